The lowest BCUT2D eigenvalue weighted by atomic mass is 10.1. The second-order valence-electron chi connectivity index (χ2n) is 6.62. The van der Waals surface area contributed by atoms with E-state index in [0.717, 1.165) is 10.6 Å². The van der Waals surface area contributed by atoms with Crippen molar-refractivity contribution in [1.82, 2.24) is 0 Å². The Bertz CT molecular complexity index is 1080. The van der Waals surface area contributed by atoms with Crippen molar-refractivity contribution in [3.63, 3.8) is 0 Å². The molecule has 0 fully saturated rings. The summed E-state index contributed by atoms with van der Waals surface area (Å²) in [7, 11) is -3.80. The molecule has 0 aliphatic heterocycles. The van der Waals surface area contributed by atoms with Crippen LogP contribution in [-0.2, 0) is 19.6 Å². The number of ketones is 1. The Balaban J connectivity index is 2.28. The predicted octanol–water partition coefficient (Wildman–Crippen LogP) is 2.78. The van der Waals surface area contributed by atoms with Crippen LogP contribution in [0, 0.1) is 6.92 Å². The molecular weight excluding hydrogens is 408 g/mol. The second kappa shape index (κ2) is 9.53. The van der Waals surface area contributed by atoms with Gasteiger partial charge in [0.2, 0.25) is 15.9 Å². The molecule has 0 saturated carbocycles. The van der Waals surface area contributed by atoms with Crippen LogP contribution in [0.1, 0.15) is 40.1 Å². The molecule has 30 heavy (non-hydrogen) atoms. The molecule has 9 heteroatoms. The Morgan fingerprint density at radius 2 is 1.77 bits per heavy atom. The molecule has 0 unspecified atom stereocenters. The molecule has 0 bridgehead atoms. The van der Waals surface area contributed by atoms with Crippen molar-refractivity contribution in [2.45, 2.75) is 20.8 Å². The Labute approximate surface area is 175 Å². The number of carbonyl (C=O) groups excluding carboxylic acids is 3. The summed E-state index contributed by atoms with van der Waals surface area (Å²) in [5, 5.41) is 2.64. The summed E-state index contributed by atoms with van der Waals surface area (Å²) in [5.74, 6) is -1.33. The summed E-state index contributed by atoms with van der Waals surface area (Å²) in [6.07, 6.45) is 0.980. The smallest absolute Gasteiger partial charge is 0.338 e. The van der Waals surface area contributed by atoms with Gasteiger partial charge in [0.15, 0.2) is 5.78 Å². The SMILES string of the molecule is CCOC(=O)c1cccc(NC(=O)CN(c2cccc(C(C)=O)c2)S(C)(=O)=O)c1C. The Kier molecular flexibility index (Phi) is 7.33. The second-order valence-corrected chi connectivity index (χ2v) is 8.53. The third-order valence-electron chi connectivity index (χ3n) is 4.33. The first-order chi connectivity index (χ1) is 14.0. The fraction of sp³-hybridized carbons (Fsp3) is 0.286. The lowest BCUT2D eigenvalue weighted by molar-refractivity contribution is -0.114. The van der Waals surface area contributed by atoms with Gasteiger partial charge in [-0.2, -0.15) is 0 Å². The van der Waals surface area contributed by atoms with Crippen LogP contribution in [0.15, 0.2) is 42.5 Å². The molecule has 0 radical (unpaired) electrons. The zero-order valence-electron chi connectivity index (χ0n) is 17.3. The van der Waals surface area contributed by atoms with Crippen molar-refractivity contribution in [2.75, 3.05) is 29.0 Å². The zero-order valence-corrected chi connectivity index (χ0v) is 18.1. The van der Waals surface area contributed by atoms with Crippen molar-refractivity contribution in [3.8, 4) is 0 Å². The van der Waals surface area contributed by atoms with Crippen LogP contribution >= 0.6 is 0 Å². The molecule has 8 nitrogen and oxygen atoms in total. The van der Waals surface area contributed by atoms with Gasteiger partial charge in [-0.25, -0.2) is 13.2 Å². The maximum atomic E-state index is 12.6. The number of nitrogens with zero attached hydrogens (tertiary/aromatic N) is 1. The van der Waals surface area contributed by atoms with Crippen LogP contribution in [-0.4, -0.2) is 45.5 Å². The number of benzene rings is 2. The van der Waals surface area contributed by atoms with Crippen LogP contribution in [0.5, 0.6) is 0 Å². The number of Topliss-reactive ketones (excluding diaryl/α,β-unsaturated/α-hetero) is 1. The molecule has 1 N–H and O–H groups in total. The molecule has 2 aromatic carbocycles. The largest absolute Gasteiger partial charge is 0.462 e. The van der Waals surface area contributed by atoms with Crippen LogP contribution in [0.3, 0.4) is 0 Å². The van der Waals surface area contributed by atoms with Gasteiger partial charge in [0.25, 0.3) is 0 Å². The highest BCUT2D eigenvalue weighted by atomic mass is 32.2. The summed E-state index contributed by atoms with van der Waals surface area (Å²) in [6, 6.07) is 10.8. The third kappa shape index (κ3) is 5.66. The van der Waals surface area contributed by atoms with E-state index >= 15 is 0 Å². The van der Waals surface area contributed by atoms with Crippen molar-refractivity contribution in [1.29, 1.82) is 0 Å². The number of hydrogen-bond donors (Lipinski definition) is 1. The first kappa shape index (κ1) is 23.1. The van der Waals surface area contributed by atoms with Crippen LogP contribution in [0.25, 0.3) is 0 Å². The number of anilines is 2. The minimum Gasteiger partial charge on any atom is -0.462 e. The van der Waals surface area contributed by atoms with E-state index in [9.17, 15) is 22.8 Å². The quantitative estimate of drug-likeness (QED) is 0.507. The van der Waals surface area contributed by atoms with E-state index in [0.29, 0.717) is 22.4 Å². The summed E-state index contributed by atoms with van der Waals surface area (Å²) in [4.78, 5) is 36.3. The highest BCUT2D eigenvalue weighted by Crippen LogP contribution is 2.22. The fourth-order valence-electron chi connectivity index (χ4n) is 2.80. The lowest BCUT2D eigenvalue weighted by Crippen LogP contribution is -2.37. The number of amides is 1. The first-order valence-electron chi connectivity index (χ1n) is 9.20. The zero-order chi connectivity index (χ0) is 22.5. The van der Waals surface area contributed by atoms with Crippen molar-refractivity contribution in [2.24, 2.45) is 0 Å². The minimum absolute atomic E-state index is 0.206. The van der Waals surface area contributed by atoms with Crippen molar-refractivity contribution in [3.05, 3.63) is 59.2 Å². The molecule has 0 atom stereocenters. The topological polar surface area (TPSA) is 110 Å². The summed E-state index contributed by atoms with van der Waals surface area (Å²) in [5.41, 5.74) is 1.73. The standard InChI is InChI=1S/C21H24N2O6S/c1-5-29-21(26)18-10-7-11-19(14(18)2)22-20(25)13-23(30(4,27)28)17-9-6-8-16(12-17)15(3)24/h6-12H,5,13H2,1-4H3,(H,22,25). The maximum absolute atomic E-state index is 12.6. The Morgan fingerprint density at radius 3 is 2.37 bits per heavy atom. The van der Waals surface area contributed by atoms with E-state index in [-0.39, 0.29) is 18.1 Å². The molecule has 1 amide bonds. The highest BCUT2D eigenvalue weighted by molar-refractivity contribution is 7.92. The number of rotatable bonds is 8. The summed E-state index contributed by atoms with van der Waals surface area (Å²) < 4.78 is 30.5. The average molecular weight is 432 g/mol. The third-order valence-corrected chi connectivity index (χ3v) is 5.47. The number of carbonyl (C=O) groups is 3. The number of hydrogen-bond acceptors (Lipinski definition) is 6. The summed E-state index contributed by atoms with van der Waals surface area (Å²) in [6.45, 7) is 4.45. The van der Waals surface area contributed by atoms with Crippen molar-refractivity contribution < 1.29 is 27.5 Å². The van der Waals surface area contributed by atoms with E-state index in [2.05, 4.69) is 5.32 Å². The fourth-order valence-corrected chi connectivity index (χ4v) is 3.65. The first-order valence-corrected chi connectivity index (χ1v) is 11.0. The van der Waals surface area contributed by atoms with Crippen LogP contribution < -0.4 is 9.62 Å². The van der Waals surface area contributed by atoms with E-state index in [1.165, 1.54) is 19.1 Å². The number of sulfonamides is 1. The number of ether oxygens (including phenoxy) is 1. The number of esters is 1. The van der Waals surface area contributed by atoms with Gasteiger partial charge in [-0.1, -0.05) is 18.2 Å². The van der Waals surface area contributed by atoms with E-state index in [4.69, 9.17) is 4.74 Å². The monoisotopic (exact) mass is 432 g/mol. The molecule has 0 heterocycles. The predicted molar refractivity (Wildman–Crippen MR) is 114 cm³/mol. The van der Waals surface area contributed by atoms with Gasteiger partial charge in [0.05, 0.1) is 24.1 Å². The lowest BCUT2D eigenvalue weighted by Gasteiger charge is -2.22. The number of nitrogens with one attached hydrogen (secondary N) is 1. The van der Waals surface area contributed by atoms with Crippen molar-refractivity contribution >= 4 is 39.1 Å². The van der Waals surface area contributed by atoms with Gasteiger partial charge in [-0.05, 0) is 50.6 Å². The van der Waals surface area contributed by atoms with Gasteiger partial charge in [0.1, 0.15) is 6.54 Å². The molecule has 0 aliphatic rings. The van der Waals surface area contributed by atoms with E-state index in [1.54, 1.807) is 44.2 Å². The van der Waals surface area contributed by atoms with E-state index in [1.807, 2.05) is 0 Å². The minimum atomic E-state index is -3.80. The maximum Gasteiger partial charge on any atom is 0.338 e. The van der Waals surface area contributed by atoms with Gasteiger partial charge < -0.3 is 10.1 Å². The molecule has 2 aromatic rings. The van der Waals surface area contributed by atoms with Gasteiger partial charge in [-0.15, -0.1) is 0 Å². The molecular formula is C21H24N2O6S. The van der Waals surface area contributed by atoms with Gasteiger partial charge in [0, 0.05) is 11.3 Å². The van der Waals surface area contributed by atoms with Crippen LogP contribution in [0.2, 0.25) is 0 Å². The molecule has 2 rings (SSSR count). The van der Waals surface area contributed by atoms with E-state index < -0.39 is 28.4 Å². The average Bonchev–Trinajstić information content (AvgIpc) is 2.67. The highest BCUT2D eigenvalue weighted by Gasteiger charge is 2.22. The Hall–Kier alpha value is -3.20. The van der Waals surface area contributed by atoms with Gasteiger partial charge in [-0.3, -0.25) is 13.9 Å². The molecule has 0 spiro atoms. The Morgan fingerprint density at radius 1 is 1.10 bits per heavy atom. The summed E-state index contributed by atoms with van der Waals surface area (Å²) >= 11 is 0. The normalized spacial score (nSPS) is 10.9. The molecule has 0 saturated heterocycles. The molecule has 0 aromatic heterocycles. The molecule has 160 valence electrons. The molecule has 0 aliphatic carbocycles. The van der Waals surface area contributed by atoms with Crippen LogP contribution in [0.4, 0.5) is 11.4 Å². The van der Waals surface area contributed by atoms with Gasteiger partial charge >= 0.3 is 5.97 Å².